The van der Waals surface area contributed by atoms with Crippen molar-refractivity contribution >= 4 is 45.3 Å². The van der Waals surface area contributed by atoms with E-state index in [0.717, 1.165) is 18.4 Å². The third-order valence-corrected chi connectivity index (χ3v) is 5.37. The number of urea groups is 1. The Balaban J connectivity index is 1.94. The summed E-state index contributed by atoms with van der Waals surface area (Å²) < 4.78 is 26.4. The van der Waals surface area contributed by atoms with E-state index in [9.17, 15) is 18.0 Å². The first kappa shape index (κ1) is 22.4. The third kappa shape index (κ3) is 7.59. The fourth-order valence-corrected chi connectivity index (χ4v) is 3.30. The maximum atomic E-state index is 12.2. The summed E-state index contributed by atoms with van der Waals surface area (Å²) in [6.07, 6.45) is 4.63. The van der Waals surface area contributed by atoms with Gasteiger partial charge < -0.3 is 10.6 Å². The van der Waals surface area contributed by atoms with E-state index in [1.807, 2.05) is 11.6 Å². The van der Waals surface area contributed by atoms with Gasteiger partial charge in [-0.3, -0.25) is 4.79 Å². The van der Waals surface area contributed by atoms with E-state index < -0.39 is 16.1 Å². The van der Waals surface area contributed by atoms with Gasteiger partial charge in [-0.1, -0.05) is 37.1 Å². The fraction of sp³-hybridized carbons (Fsp3) is 0.200. The lowest BCUT2D eigenvalue weighted by molar-refractivity contribution is -0.111. The molecule has 0 radical (unpaired) electrons. The molecule has 0 saturated heterocycles. The van der Waals surface area contributed by atoms with Crippen LogP contribution in [0.1, 0.15) is 25.3 Å². The summed E-state index contributed by atoms with van der Waals surface area (Å²) in [6.45, 7) is 2.36. The SMILES string of the molecule is CCCCNC(=O)NS(=O)(=O)c1ccc(NC(=O)/C=C/c2ccc(Cl)cc2)cc1. The molecule has 154 valence electrons. The fourth-order valence-electron chi connectivity index (χ4n) is 2.24. The van der Waals surface area contributed by atoms with Crippen LogP contribution in [-0.2, 0) is 14.8 Å². The van der Waals surface area contributed by atoms with Crippen LogP contribution < -0.4 is 15.4 Å². The van der Waals surface area contributed by atoms with E-state index in [1.165, 1.54) is 30.3 Å². The van der Waals surface area contributed by atoms with Crippen molar-refractivity contribution in [1.82, 2.24) is 10.0 Å². The molecule has 0 bridgehead atoms. The van der Waals surface area contributed by atoms with Crippen molar-refractivity contribution < 1.29 is 18.0 Å². The number of carbonyl (C=O) groups is 2. The predicted molar refractivity (Wildman–Crippen MR) is 114 cm³/mol. The first-order valence-electron chi connectivity index (χ1n) is 8.95. The van der Waals surface area contributed by atoms with E-state index in [4.69, 9.17) is 11.6 Å². The number of benzene rings is 2. The molecule has 0 heterocycles. The monoisotopic (exact) mass is 435 g/mol. The summed E-state index contributed by atoms with van der Waals surface area (Å²) in [7, 11) is -3.99. The minimum atomic E-state index is -3.99. The highest BCUT2D eigenvalue weighted by Gasteiger charge is 2.17. The van der Waals surface area contributed by atoms with E-state index in [-0.39, 0.29) is 10.8 Å². The molecule has 3 amide bonds. The Morgan fingerprint density at radius 2 is 1.69 bits per heavy atom. The predicted octanol–water partition coefficient (Wildman–Crippen LogP) is 3.78. The zero-order valence-corrected chi connectivity index (χ0v) is 17.4. The zero-order valence-electron chi connectivity index (χ0n) is 15.8. The van der Waals surface area contributed by atoms with E-state index >= 15 is 0 Å². The van der Waals surface area contributed by atoms with E-state index in [1.54, 1.807) is 30.3 Å². The molecule has 0 spiro atoms. The van der Waals surface area contributed by atoms with Gasteiger partial charge in [-0.2, -0.15) is 0 Å². The van der Waals surface area contributed by atoms with Crippen LogP contribution in [0.5, 0.6) is 0 Å². The molecule has 0 fully saturated rings. The molecule has 2 aromatic carbocycles. The van der Waals surface area contributed by atoms with Crippen molar-refractivity contribution in [3.8, 4) is 0 Å². The zero-order chi connectivity index (χ0) is 21.3. The largest absolute Gasteiger partial charge is 0.337 e. The Hall–Kier alpha value is -2.84. The number of halogens is 1. The molecule has 0 unspecified atom stereocenters. The standard InChI is InChI=1S/C20H22ClN3O4S/c1-2-3-14-22-20(26)24-29(27,28)18-11-9-17(10-12-18)23-19(25)13-6-15-4-7-16(21)8-5-15/h4-13H,2-3,14H2,1H3,(H,23,25)(H2,22,24,26)/b13-6+. The van der Waals surface area contributed by atoms with Crippen molar-refractivity contribution in [3.05, 3.63) is 65.2 Å². The van der Waals surface area contributed by atoms with Gasteiger partial charge in [-0.25, -0.2) is 17.9 Å². The number of sulfonamides is 1. The lowest BCUT2D eigenvalue weighted by Crippen LogP contribution is -2.39. The number of nitrogens with one attached hydrogen (secondary N) is 3. The van der Waals surface area contributed by atoms with Crippen LogP contribution in [0.15, 0.2) is 59.5 Å². The second-order valence-corrected chi connectivity index (χ2v) is 8.23. The maximum absolute atomic E-state index is 12.2. The van der Waals surface area contributed by atoms with Gasteiger partial charge in [-0.05, 0) is 54.5 Å². The molecule has 0 aliphatic carbocycles. The first-order chi connectivity index (χ1) is 13.8. The Kier molecular flexibility index (Phi) is 8.23. The molecule has 2 aromatic rings. The number of rotatable bonds is 8. The van der Waals surface area contributed by atoms with Gasteiger partial charge in [0.05, 0.1) is 4.90 Å². The third-order valence-electron chi connectivity index (χ3n) is 3.77. The Morgan fingerprint density at radius 3 is 2.31 bits per heavy atom. The minimum Gasteiger partial charge on any atom is -0.337 e. The van der Waals surface area contributed by atoms with E-state index in [0.29, 0.717) is 17.3 Å². The van der Waals surface area contributed by atoms with Crippen molar-refractivity contribution in [3.63, 3.8) is 0 Å². The highest BCUT2D eigenvalue weighted by molar-refractivity contribution is 7.90. The number of hydrogen-bond acceptors (Lipinski definition) is 4. The summed E-state index contributed by atoms with van der Waals surface area (Å²) >= 11 is 5.81. The van der Waals surface area contributed by atoms with Crippen LogP contribution in [0.3, 0.4) is 0 Å². The quantitative estimate of drug-likeness (QED) is 0.433. The molecule has 0 aliphatic heterocycles. The van der Waals surface area contributed by atoms with Crippen LogP contribution in [0.2, 0.25) is 5.02 Å². The summed E-state index contributed by atoms with van der Waals surface area (Å²) in [5, 5.41) is 5.71. The molecule has 0 atom stereocenters. The smallest absolute Gasteiger partial charge is 0.328 e. The molecule has 29 heavy (non-hydrogen) atoms. The minimum absolute atomic E-state index is 0.0853. The maximum Gasteiger partial charge on any atom is 0.328 e. The van der Waals surface area contributed by atoms with Crippen LogP contribution in [0, 0.1) is 0 Å². The molecular weight excluding hydrogens is 414 g/mol. The highest BCUT2D eigenvalue weighted by Crippen LogP contribution is 2.15. The van der Waals surface area contributed by atoms with Crippen molar-refractivity contribution in [1.29, 1.82) is 0 Å². The van der Waals surface area contributed by atoms with Crippen LogP contribution >= 0.6 is 11.6 Å². The summed E-state index contributed by atoms with van der Waals surface area (Å²) in [5.74, 6) is -0.371. The van der Waals surface area contributed by atoms with Crippen LogP contribution in [0.25, 0.3) is 6.08 Å². The second-order valence-electron chi connectivity index (χ2n) is 6.11. The normalized spacial score (nSPS) is 11.2. The molecule has 0 aliphatic rings. The van der Waals surface area contributed by atoms with Crippen LogP contribution in [-0.4, -0.2) is 26.9 Å². The lowest BCUT2D eigenvalue weighted by Gasteiger charge is -2.09. The summed E-state index contributed by atoms with van der Waals surface area (Å²) in [6, 6.07) is 11.7. The van der Waals surface area contributed by atoms with Gasteiger partial charge in [0.1, 0.15) is 0 Å². The van der Waals surface area contributed by atoms with Crippen molar-refractivity contribution in [2.24, 2.45) is 0 Å². The Morgan fingerprint density at radius 1 is 1.03 bits per heavy atom. The van der Waals surface area contributed by atoms with Crippen LogP contribution in [0.4, 0.5) is 10.5 Å². The van der Waals surface area contributed by atoms with Crippen molar-refractivity contribution in [2.75, 3.05) is 11.9 Å². The molecule has 0 aromatic heterocycles. The average Bonchev–Trinajstić information content (AvgIpc) is 2.68. The highest BCUT2D eigenvalue weighted by atomic mass is 35.5. The first-order valence-corrected chi connectivity index (χ1v) is 10.8. The Bertz CT molecular complexity index is 972. The number of amides is 3. The van der Waals surface area contributed by atoms with Gasteiger partial charge in [-0.15, -0.1) is 0 Å². The van der Waals surface area contributed by atoms with Gasteiger partial charge >= 0.3 is 6.03 Å². The van der Waals surface area contributed by atoms with Crippen molar-refractivity contribution in [2.45, 2.75) is 24.7 Å². The van der Waals surface area contributed by atoms with Gasteiger partial charge in [0, 0.05) is 23.3 Å². The number of anilines is 1. The summed E-state index contributed by atoms with van der Waals surface area (Å²) in [4.78, 5) is 23.6. The topological polar surface area (TPSA) is 104 Å². The number of unbranched alkanes of at least 4 members (excludes halogenated alkanes) is 1. The molecule has 9 heteroatoms. The average molecular weight is 436 g/mol. The second kappa shape index (κ2) is 10.6. The summed E-state index contributed by atoms with van der Waals surface area (Å²) in [5.41, 5.74) is 1.23. The van der Waals surface area contributed by atoms with Gasteiger partial charge in [0.2, 0.25) is 5.91 Å². The molecule has 2 rings (SSSR count). The molecule has 0 saturated carbocycles. The molecule has 7 nitrogen and oxygen atoms in total. The molecule has 3 N–H and O–H groups in total. The van der Waals surface area contributed by atoms with Gasteiger partial charge in [0.25, 0.3) is 10.0 Å². The lowest BCUT2D eigenvalue weighted by atomic mass is 10.2. The molecular formula is C20H22ClN3O4S. The number of hydrogen-bond donors (Lipinski definition) is 3. The van der Waals surface area contributed by atoms with Gasteiger partial charge in [0.15, 0.2) is 0 Å². The Labute approximate surface area is 175 Å². The number of carbonyl (C=O) groups excluding carboxylic acids is 2. The van der Waals surface area contributed by atoms with E-state index in [2.05, 4.69) is 10.6 Å².